The third-order valence-corrected chi connectivity index (χ3v) is 16.3. The maximum absolute atomic E-state index is 14.2. The topological polar surface area (TPSA) is 213 Å². The quantitative estimate of drug-likeness (QED) is 0.0867. The van der Waals surface area contributed by atoms with Gasteiger partial charge in [0.15, 0.2) is 5.72 Å². The predicted molar refractivity (Wildman–Crippen MR) is 238 cm³/mol. The molecular formula is C49H61N7O10. The van der Waals surface area contributed by atoms with Crippen molar-refractivity contribution in [2.24, 2.45) is 28.9 Å². The van der Waals surface area contributed by atoms with Crippen LogP contribution >= 0.6 is 0 Å². The molecule has 3 aliphatic heterocycles. The van der Waals surface area contributed by atoms with E-state index in [9.17, 15) is 24.6 Å². The number of ether oxygens (including phenoxy) is 5. The van der Waals surface area contributed by atoms with Gasteiger partial charge in [0, 0.05) is 30.8 Å². The third-order valence-electron chi connectivity index (χ3n) is 16.3. The molecule has 7 aliphatic rings. The molecule has 1 amide bonds. The fourth-order valence-electron chi connectivity index (χ4n) is 13.1. The minimum Gasteiger partial charge on any atom is -0.508 e. The molecule has 5 N–H and O–H groups in total. The second-order valence-electron chi connectivity index (χ2n) is 19.4. The number of carbonyl (C=O) groups is 3. The van der Waals surface area contributed by atoms with Crippen molar-refractivity contribution in [1.82, 2.24) is 30.1 Å². The Kier molecular flexibility index (Phi) is 11.7. The number of likely N-dealkylation sites (N-methyl/N-ethyl adjacent to an activating group) is 1. The molecule has 17 nitrogen and oxygen atoms in total. The highest BCUT2D eigenvalue weighted by Gasteiger charge is 2.75. The number of aromatic hydroxyl groups is 1. The fraction of sp³-hybridized carbons (Fsp3) is 0.571. The van der Waals surface area contributed by atoms with Crippen LogP contribution in [0.25, 0.3) is 0 Å². The Labute approximate surface area is 384 Å². The van der Waals surface area contributed by atoms with Crippen LogP contribution in [0.15, 0.2) is 71.2 Å². The molecule has 17 heteroatoms. The van der Waals surface area contributed by atoms with E-state index in [4.69, 9.17) is 29.4 Å². The summed E-state index contributed by atoms with van der Waals surface area (Å²) in [5.74, 6) is 1.41. The van der Waals surface area contributed by atoms with Gasteiger partial charge in [-0.05, 0) is 116 Å². The second kappa shape index (κ2) is 17.4. The van der Waals surface area contributed by atoms with Crippen molar-refractivity contribution in [2.45, 2.75) is 94.8 Å². The van der Waals surface area contributed by atoms with E-state index in [0.29, 0.717) is 86.6 Å². The monoisotopic (exact) mass is 907 g/mol. The average Bonchev–Trinajstić information content (AvgIpc) is 3.70. The summed E-state index contributed by atoms with van der Waals surface area (Å²) in [4.78, 5) is 43.8. The number of nitrogens with one attached hydrogen (secondary N) is 1. The van der Waals surface area contributed by atoms with Crippen LogP contribution < -0.4 is 15.8 Å². The van der Waals surface area contributed by atoms with E-state index in [2.05, 4.69) is 45.7 Å². The molecule has 352 valence electrons. The number of aromatic nitrogens is 3. The molecule has 4 heterocycles. The zero-order valence-corrected chi connectivity index (χ0v) is 38.1. The molecule has 0 radical (unpaired) electrons. The van der Waals surface area contributed by atoms with E-state index >= 15 is 0 Å². The van der Waals surface area contributed by atoms with Crippen LogP contribution in [0.5, 0.6) is 11.5 Å². The van der Waals surface area contributed by atoms with Gasteiger partial charge in [-0.25, -0.2) is 9.48 Å². The van der Waals surface area contributed by atoms with E-state index in [0.717, 1.165) is 37.9 Å². The molecule has 10 rings (SSSR count). The van der Waals surface area contributed by atoms with Crippen molar-refractivity contribution >= 4 is 17.7 Å². The molecule has 2 saturated heterocycles. The van der Waals surface area contributed by atoms with Crippen LogP contribution in [0.4, 0.5) is 4.79 Å². The number of ketones is 2. The molecule has 4 fully saturated rings. The molecule has 0 bridgehead atoms. The van der Waals surface area contributed by atoms with Gasteiger partial charge in [-0.1, -0.05) is 30.3 Å². The molecule has 3 aromatic rings. The summed E-state index contributed by atoms with van der Waals surface area (Å²) in [5, 5.41) is 33.0. The van der Waals surface area contributed by atoms with Gasteiger partial charge >= 0.3 is 6.09 Å². The normalized spacial score (nSPS) is 32.7. The van der Waals surface area contributed by atoms with Crippen molar-refractivity contribution in [3.8, 4) is 11.5 Å². The largest absolute Gasteiger partial charge is 0.508 e. The Balaban J connectivity index is 0.660. The SMILES string of the molecule is CO[C@@]12[C@H](COC(N)=O)C3=C(C(=O)C(C)=C(NCc4cn(CCOCCOCCOc5ccc([C@H]6C[C@@]7(C)C(CC[C@@H]7O)C7CCc8cc(O)ccc8C76)cc5)nn4)C3=O)N1C[C@H]1[C@@H]2N1C. The number of aliphatic hydroxyl groups is 1. The standard InChI is InChI=1S/C49H61N7O10/c1-27-42(45(60)41-37(26-66-47(50)61)49(62-4)46-38(54(46)3)25-56(49)43(41)44(27)59)51-23-30-24-55(53-52-30)15-16-63-17-18-64-19-20-65-32-9-5-28(6-10-32)35-22-48(2)36(13-14-39(48)58)34-11-7-29-21-31(57)8-12-33(29)40(34)35/h5-6,8-10,12,21,24,34-40,46,51,57-58H,7,11,13-20,22-23,25-26H2,1-4H3,(H2,50,61)/t34?,35-,36?,37-,38+,39+,40?,46+,48+,49-,54?/m1/s1. The van der Waals surface area contributed by atoms with E-state index in [-0.39, 0.29) is 65.5 Å². The Morgan fingerprint density at radius 2 is 1.79 bits per heavy atom. The first kappa shape index (κ1) is 44.5. The van der Waals surface area contributed by atoms with Crippen LogP contribution in [0.2, 0.25) is 0 Å². The highest BCUT2D eigenvalue weighted by Crippen LogP contribution is 2.65. The number of phenols is 1. The number of nitrogens with two attached hydrogens (primary N) is 1. The van der Waals surface area contributed by atoms with Crippen molar-refractivity contribution < 1.29 is 48.3 Å². The smallest absolute Gasteiger partial charge is 0.404 e. The first-order valence-corrected chi connectivity index (χ1v) is 23.4. The number of primary amides is 1. The summed E-state index contributed by atoms with van der Waals surface area (Å²) < 4.78 is 30.6. The first-order valence-electron chi connectivity index (χ1n) is 23.4. The van der Waals surface area contributed by atoms with Crippen LogP contribution in [0, 0.1) is 23.2 Å². The zero-order valence-electron chi connectivity index (χ0n) is 38.1. The first-order chi connectivity index (χ1) is 31.8. The number of fused-ring (bicyclic) bond motifs is 9. The second-order valence-corrected chi connectivity index (χ2v) is 19.4. The number of methoxy groups -OCH3 is 1. The van der Waals surface area contributed by atoms with Gasteiger partial charge in [0.05, 0.1) is 75.2 Å². The van der Waals surface area contributed by atoms with Crippen LogP contribution in [0.1, 0.15) is 73.8 Å². The molecule has 66 heavy (non-hydrogen) atoms. The lowest BCUT2D eigenvalue weighted by Gasteiger charge is -2.54. The van der Waals surface area contributed by atoms with Gasteiger partial charge in [-0.15, -0.1) is 5.10 Å². The number of hydrogen-bond acceptors (Lipinski definition) is 15. The van der Waals surface area contributed by atoms with E-state index < -0.39 is 17.7 Å². The lowest BCUT2D eigenvalue weighted by atomic mass is 9.51. The number of phenolic OH excluding ortho intramolecular Hbond substituents is 1. The number of piperazine rings is 1. The lowest BCUT2D eigenvalue weighted by Crippen LogP contribution is -2.55. The van der Waals surface area contributed by atoms with Gasteiger partial charge in [0.2, 0.25) is 11.6 Å². The van der Waals surface area contributed by atoms with Crippen molar-refractivity contribution in [2.75, 3.05) is 60.3 Å². The Bertz CT molecular complexity index is 2450. The molecule has 4 unspecified atom stereocenters. The number of Topliss-reactive ketones (excluding diaryl/α,β-unsaturated/α-hetero) is 2. The van der Waals surface area contributed by atoms with Crippen molar-refractivity contribution in [1.29, 1.82) is 0 Å². The lowest BCUT2D eigenvalue weighted by molar-refractivity contribution is -0.144. The van der Waals surface area contributed by atoms with Gasteiger partial charge in [0.25, 0.3) is 0 Å². The molecule has 11 atom stereocenters. The van der Waals surface area contributed by atoms with E-state index in [1.165, 1.54) is 16.7 Å². The van der Waals surface area contributed by atoms with Gasteiger partial charge < -0.3 is 49.8 Å². The Morgan fingerprint density at radius 1 is 1.02 bits per heavy atom. The highest BCUT2D eigenvalue weighted by atomic mass is 16.6. The molecule has 2 aromatic carbocycles. The summed E-state index contributed by atoms with van der Waals surface area (Å²) in [6.07, 6.45) is 5.46. The maximum Gasteiger partial charge on any atom is 0.404 e. The van der Waals surface area contributed by atoms with Crippen molar-refractivity contribution in [3.05, 3.63) is 93.6 Å². The van der Waals surface area contributed by atoms with E-state index in [1.54, 1.807) is 24.9 Å². The molecule has 2 saturated carbocycles. The predicted octanol–water partition coefficient (Wildman–Crippen LogP) is 3.54. The minimum atomic E-state index is -1.04. The Hall–Kier alpha value is -5.33. The summed E-state index contributed by atoms with van der Waals surface area (Å²) in [6, 6.07) is 14.4. The number of amides is 1. The van der Waals surface area contributed by atoms with Gasteiger partial charge in [-0.3, -0.25) is 14.5 Å². The number of rotatable bonds is 17. The van der Waals surface area contributed by atoms with Crippen LogP contribution in [-0.2, 0) is 48.0 Å². The number of aryl methyl sites for hydroxylation is 1. The number of benzene rings is 2. The minimum absolute atomic E-state index is 0.0774. The molecule has 0 spiro atoms. The van der Waals surface area contributed by atoms with Gasteiger partial charge in [0.1, 0.15) is 30.4 Å². The summed E-state index contributed by atoms with van der Waals surface area (Å²) in [6.45, 7) is 6.85. The maximum atomic E-state index is 14.2. The average molecular weight is 908 g/mol. The van der Waals surface area contributed by atoms with Crippen molar-refractivity contribution in [3.63, 3.8) is 0 Å². The highest BCUT2D eigenvalue weighted by molar-refractivity contribution is 6.25. The fourth-order valence-corrected chi connectivity index (χ4v) is 13.1. The van der Waals surface area contributed by atoms with Gasteiger partial charge in [-0.2, -0.15) is 0 Å². The van der Waals surface area contributed by atoms with E-state index in [1.807, 2.05) is 36.2 Å². The Morgan fingerprint density at radius 3 is 2.56 bits per heavy atom. The zero-order chi connectivity index (χ0) is 46.1. The summed E-state index contributed by atoms with van der Waals surface area (Å²) in [5.41, 5.74) is 9.68. The number of allylic oxidation sites excluding steroid dienone is 2. The number of carbonyl (C=O) groups excluding carboxylic acids is 3. The summed E-state index contributed by atoms with van der Waals surface area (Å²) in [7, 11) is 3.52. The molecule has 1 aromatic heterocycles. The molecular weight excluding hydrogens is 847 g/mol. The van der Waals surface area contributed by atoms with Crippen LogP contribution in [-0.4, -0.2) is 137 Å². The number of hydrogen-bond donors (Lipinski definition) is 4. The third kappa shape index (κ3) is 7.37. The number of nitrogens with zero attached hydrogens (tertiary/aromatic N) is 5. The number of aliphatic hydroxyl groups excluding tert-OH is 1. The summed E-state index contributed by atoms with van der Waals surface area (Å²) >= 11 is 0. The molecule has 4 aliphatic carbocycles. The van der Waals surface area contributed by atoms with Crippen LogP contribution in [0.3, 0.4) is 0 Å².